The fraction of sp³-hybridized carbons (Fsp3) is 0.211. The molecule has 0 N–H and O–H groups in total. The summed E-state index contributed by atoms with van der Waals surface area (Å²) in [6.45, 7) is -1.29. The zero-order valence-electron chi connectivity index (χ0n) is 14.9. The summed E-state index contributed by atoms with van der Waals surface area (Å²) in [5.74, 6) is -0.852. The van der Waals surface area contributed by atoms with Crippen molar-refractivity contribution in [3.05, 3.63) is 72.2 Å². The van der Waals surface area contributed by atoms with E-state index < -0.39 is 18.7 Å². The summed E-state index contributed by atoms with van der Waals surface area (Å²) in [6, 6.07) is 12.3. The van der Waals surface area contributed by atoms with E-state index in [1.54, 1.807) is 24.1 Å². The standard InChI is InChI=1S/C19H17F3N4O2/c1-25(11-14-10-24-26(12-14)15-6-3-2-4-7-15)18(27)16-8-5-9-23-17(16)28-13-19(20,21)22/h2-10,12H,11,13H2,1H3. The highest BCUT2D eigenvalue weighted by Gasteiger charge is 2.30. The van der Waals surface area contributed by atoms with Gasteiger partial charge < -0.3 is 9.64 Å². The van der Waals surface area contributed by atoms with Crippen LogP contribution >= 0.6 is 0 Å². The number of para-hydroxylation sites is 1. The summed E-state index contributed by atoms with van der Waals surface area (Å²) in [6.07, 6.45) is 0.159. The lowest BCUT2D eigenvalue weighted by Gasteiger charge is -2.18. The first-order valence-electron chi connectivity index (χ1n) is 8.32. The molecule has 0 saturated carbocycles. The van der Waals surface area contributed by atoms with E-state index in [0.717, 1.165) is 11.3 Å². The molecule has 6 nitrogen and oxygen atoms in total. The zero-order chi connectivity index (χ0) is 20.1. The summed E-state index contributed by atoms with van der Waals surface area (Å²) >= 11 is 0. The molecule has 0 aliphatic heterocycles. The topological polar surface area (TPSA) is 60.2 Å². The highest BCUT2D eigenvalue weighted by Crippen LogP contribution is 2.21. The van der Waals surface area contributed by atoms with Crippen LogP contribution in [-0.4, -0.2) is 45.4 Å². The second-order valence-electron chi connectivity index (χ2n) is 6.05. The number of hydrogen-bond acceptors (Lipinski definition) is 4. The average Bonchev–Trinajstić information content (AvgIpc) is 3.14. The maximum Gasteiger partial charge on any atom is 0.422 e. The molecular formula is C19H17F3N4O2. The number of hydrogen-bond donors (Lipinski definition) is 0. The number of benzene rings is 1. The first-order valence-corrected chi connectivity index (χ1v) is 8.32. The van der Waals surface area contributed by atoms with Gasteiger partial charge in [0.1, 0.15) is 5.56 Å². The number of amides is 1. The third-order valence-corrected chi connectivity index (χ3v) is 3.80. The van der Waals surface area contributed by atoms with Gasteiger partial charge in [0.2, 0.25) is 5.88 Å². The second kappa shape index (κ2) is 8.12. The minimum absolute atomic E-state index is 0.0373. The molecular weight excluding hydrogens is 373 g/mol. The van der Waals surface area contributed by atoms with E-state index in [2.05, 4.69) is 14.8 Å². The van der Waals surface area contributed by atoms with Crippen LogP contribution in [0.15, 0.2) is 61.1 Å². The van der Waals surface area contributed by atoms with Gasteiger partial charge in [0.15, 0.2) is 6.61 Å². The lowest BCUT2D eigenvalue weighted by molar-refractivity contribution is -0.154. The van der Waals surface area contributed by atoms with Crippen molar-refractivity contribution in [1.82, 2.24) is 19.7 Å². The molecule has 1 amide bonds. The highest BCUT2D eigenvalue weighted by molar-refractivity contribution is 5.96. The molecule has 3 rings (SSSR count). The molecule has 0 fully saturated rings. The predicted octanol–water partition coefficient (Wildman–Crippen LogP) is 3.48. The van der Waals surface area contributed by atoms with Crippen molar-refractivity contribution in [2.24, 2.45) is 0 Å². The van der Waals surface area contributed by atoms with E-state index in [1.165, 1.54) is 23.2 Å². The molecule has 2 aromatic heterocycles. The number of halogens is 3. The number of rotatable bonds is 6. The number of nitrogens with zero attached hydrogens (tertiary/aromatic N) is 4. The normalized spacial score (nSPS) is 11.3. The van der Waals surface area contributed by atoms with Crippen LogP contribution in [0.5, 0.6) is 5.88 Å². The predicted molar refractivity (Wildman–Crippen MR) is 95.1 cm³/mol. The third-order valence-electron chi connectivity index (χ3n) is 3.80. The lowest BCUT2D eigenvalue weighted by atomic mass is 10.2. The molecule has 0 aliphatic carbocycles. The molecule has 0 bridgehead atoms. The molecule has 0 spiro atoms. The van der Waals surface area contributed by atoms with Gasteiger partial charge in [-0.1, -0.05) is 18.2 Å². The number of aromatic nitrogens is 3. The second-order valence-corrected chi connectivity index (χ2v) is 6.05. The minimum Gasteiger partial charge on any atom is -0.467 e. The smallest absolute Gasteiger partial charge is 0.422 e. The van der Waals surface area contributed by atoms with Gasteiger partial charge in [-0.25, -0.2) is 9.67 Å². The fourth-order valence-corrected chi connectivity index (χ4v) is 2.53. The number of carbonyl (C=O) groups is 1. The molecule has 1 aromatic carbocycles. The Morgan fingerprint density at radius 2 is 1.93 bits per heavy atom. The number of carbonyl (C=O) groups excluding carboxylic acids is 1. The van der Waals surface area contributed by atoms with Gasteiger partial charge in [-0.15, -0.1) is 0 Å². The number of ether oxygens (including phenoxy) is 1. The van der Waals surface area contributed by atoms with Crippen LogP contribution in [-0.2, 0) is 6.54 Å². The molecule has 146 valence electrons. The Morgan fingerprint density at radius 1 is 1.18 bits per heavy atom. The Labute approximate surface area is 159 Å². The first kappa shape index (κ1) is 19.4. The SMILES string of the molecule is CN(Cc1cnn(-c2ccccc2)c1)C(=O)c1cccnc1OCC(F)(F)F. The summed E-state index contributed by atoms with van der Waals surface area (Å²) < 4.78 is 43.6. The van der Waals surface area contributed by atoms with Gasteiger partial charge in [-0.2, -0.15) is 18.3 Å². The highest BCUT2D eigenvalue weighted by atomic mass is 19.4. The van der Waals surface area contributed by atoms with Crippen molar-refractivity contribution in [3.8, 4) is 11.6 Å². The van der Waals surface area contributed by atoms with E-state index in [1.807, 2.05) is 30.3 Å². The Bertz CT molecular complexity index is 942. The van der Waals surface area contributed by atoms with Crippen LogP contribution in [0.4, 0.5) is 13.2 Å². The molecule has 0 saturated heterocycles. The van der Waals surface area contributed by atoms with Crippen molar-refractivity contribution >= 4 is 5.91 Å². The molecule has 9 heteroatoms. The minimum atomic E-state index is -4.52. The largest absolute Gasteiger partial charge is 0.467 e. The average molecular weight is 390 g/mol. The van der Waals surface area contributed by atoms with Crippen LogP contribution in [0.25, 0.3) is 5.69 Å². The van der Waals surface area contributed by atoms with Gasteiger partial charge in [-0.3, -0.25) is 4.79 Å². The van der Waals surface area contributed by atoms with E-state index in [0.29, 0.717) is 0 Å². The first-order chi connectivity index (χ1) is 13.3. The molecule has 0 unspecified atom stereocenters. The van der Waals surface area contributed by atoms with Crippen LogP contribution in [0, 0.1) is 0 Å². The van der Waals surface area contributed by atoms with Gasteiger partial charge in [0.05, 0.1) is 11.9 Å². The summed E-state index contributed by atoms with van der Waals surface area (Å²) in [4.78, 5) is 17.8. The van der Waals surface area contributed by atoms with E-state index >= 15 is 0 Å². The van der Waals surface area contributed by atoms with E-state index in [9.17, 15) is 18.0 Å². The van der Waals surface area contributed by atoms with Gasteiger partial charge in [0.25, 0.3) is 5.91 Å². The van der Waals surface area contributed by atoms with Crippen molar-refractivity contribution in [2.75, 3.05) is 13.7 Å². The number of pyridine rings is 1. The molecule has 0 radical (unpaired) electrons. The lowest BCUT2D eigenvalue weighted by Crippen LogP contribution is -2.27. The molecule has 2 heterocycles. The zero-order valence-corrected chi connectivity index (χ0v) is 14.9. The van der Waals surface area contributed by atoms with Gasteiger partial charge in [0, 0.05) is 31.5 Å². The molecule has 28 heavy (non-hydrogen) atoms. The van der Waals surface area contributed by atoms with Crippen LogP contribution in [0.2, 0.25) is 0 Å². The Hall–Kier alpha value is -3.36. The Balaban J connectivity index is 1.71. The fourth-order valence-electron chi connectivity index (χ4n) is 2.53. The van der Waals surface area contributed by atoms with Crippen molar-refractivity contribution in [3.63, 3.8) is 0 Å². The van der Waals surface area contributed by atoms with Gasteiger partial charge >= 0.3 is 6.18 Å². The quantitative estimate of drug-likeness (QED) is 0.647. The maximum absolute atomic E-state index is 12.7. The number of alkyl halides is 3. The van der Waals surface area contributed by atoms with Crippen molar-refractivity contribution < 1.29 is 22.7 Å². The Kier molecular flexibility index (Phi) is 5.62. The van der Waals surface area contributed by atoms with E-state index in [4.69, 9.17) is 0 Å². The summed E-state index contributed by atoms with van der Waals surface area (Å²) in [7, 11) is 1.54. The van der Waals surface area contributed by atoms with Crippen molar-refractivity contribution in [2.45, 2.75) is 12.7 Å². The van der Waals surface area contributed by atoms with E-state index in [-0.39, 0.29) is 18.0 Å². The maximum atomic E-state index is 12.7. The third kappa shape index (κ3) is 4.87. The molecule has 3 aromatic rings. The van der Waals surface area contributed by atoms with Crippen LogP contribution in [0.3, 0.4) is 0 Å². The Morgan fingerprint density at radius 3 is 2.64 bits per heavy atom. The monoisotopic (exact) mass is 390 g/mol. The van der Waals surface area contributed by atoms with Crippen LogP contribution in [0.1, 0.15) is 15.9 Å². The molecule has 0 aliphatic rings. The van der Waals surface area contributed by atoms with Crippen molar-refractivity contribution in [1.29, 1.82) is 0 Å². The van der Waals surface area contributed by atoms with Crippen LogP contribution < -0.4 is 4.74 Å². The molecule has 0 atom stereocenters. The van der Waals surface area contributed by atoms with Gasteiger partial charge in [-0.05, 0) is 24.3 Å². The summed E-state index contributed by atoms with van der Waals surface area (Å²) in [5, 5.41) is 4.26. The summed E-state index contributed by atoms with van der Waals surface area (Å²) in [5.41, 5.74) is 1.60.